The standard InChI is InChI=1S/C17H38N2O2/c1-7-16(4)19(12-13-21-6)11-9-8-10-17(5,14-20)18-15(2)3/h15-16,18,20H,7-14H2,1-6H3. The van der Waals surface area contributed by atoms with Gasteiger partial charge in [-0.25, -0.2) is 0 Å². The summed E-state index contributed by atoms with van der Waals surface area (Å²) in [6.07, 6.45) is 4.49. The van der Waals surface area contributed by atoms with Crippen LogP contribution in [0.5, 0.6) is 0 Å². The molecule has 0 radical (unpaired) electrons. The van der Waals surface area contributed by atoms with Crippen LogP contribution in [0.4, 0.5) is 0 Å². The first-order valence-electron chi connectivity index (χ1n) is 8.50. The van der Waals surface area contributed by atoms with Gasteiger partial charge in [0.1, 0.15) is 0 Å². The Hall–Kier alpha value is -0.160. The molecule has 2 atom stereocenters. The summed E-state index contributed by atoms with van der Waals surface area (Å²) in [7, 11) is 1.76. The van der Waals surface area contributed by atoms with Gasteiger partial charge >= 0.3 is 0 Å². The largest absolute Gasteiger partial charge is 0.394 e. The lowest BCUT2D eigenvalue weighted by atomic mass is 9.94. The number of unbranched alkanes of at least 4 members (excludes halogenated alkanes) is 1. The molecule has 0 saturated heterocycles. The maximum absolute atomic E-state index is 9.60. The third kappa shape index (κ3) is 9.46. The van der Waals surface area contributed by atoms with E-state index in [9.17, 15) is 5.11 Å². The van der Waals surface area contributed by atoms with E-state index in [0.717, 1.165) is 32.5 Å². The first kappa shape index (κ1) is 20.8. The lowest BCUT2D eigenvalue weighted by Crippen LogP contribution is -2.49. The van der Waals surface area contributed by atoms with Gasteiger partial charge in [0.25, 0.3) is 0 Å². The van der Waals surface area contributed by atoms with Crippen LogP contribution < -0.4 is 5.32 Å². The highest BCUT2D eigenvalue weighted by atomic mass is 16.5. The average molecular weight is 303 g/mol. The second kappa shape index (κ2) is 11.4. The van der Waals surface area contributed by atoms with Crippen molar-refractivity contribution in [2.75, 3.05) is 33.4 Å². The van der Waals surface area contributed by atoms with Crippen LogP contribution in [0, 0.1) is 0 Å². The maximum atomic E-state index is 9.60. The monoisotopic (exact) mass is 302 g/mol. The van der Waals surface area contributed by atoms with Crippen LogP contribution in [0.2, 0.25) is 0 Å². The number of nitrogens with zero attached hydrogens (tertiary/aromatic N) is 1. The zero-order valence-corrected chi connectivity index (χ0v) is 15.1. The Morgan fingerprint density at radius 1 is 1.19 bits per heavy atom. The summed E-state index contributed by atoms with van der Waals surface area (Å²) >= 11 is 0. The van der Waals surface area contributed by atoms with Crippen LogP contribution in [0.25, 0.3) is 0 Å². The van der Waals surface area contributed by atoms with Crippen molar-refractivity contribution in [1.82, 2.24) is 10.2 Å². The Balaban J connectivity index is 4.12. The van der Waals surface area contributed by atoms with Crippen molar-refractivity contribution < 1.29 is 9.84 Å². The van der Waals surface area contributed by atoms with Crippen molar-refractivity contribution in [3.63, 3.8) is 0 Å². The first-order valence-corrected chi connectivity index (χ1v) is 8.50. The summed E-state index contributed by atoms with van der Waals surface area (Å²) in [6.45, 7) is 14.0. The number of aliphatic hydroxyl groups is 1. The highest BCUT2D eigenvalue weighted by Gasteiger charge is 2.23. The van der Waals surface area contributed by atoms with Gasteiger partial charge in [-0.2, -0.15) is 0 Å². The summed E-state index contributed by atoms with van der Waals surface area (Å²) in [5.41, 5.74) is -0.151. The molecular formula is C17H38N2O2. The fourth-order valence-corrected chi connectivity index (χ4v) is 2.74. The lowest BCUT2D eigenvalue weighted by Gasteiger charge is -2.32. The third-order valence-electron chi connectivity index (χ3n) is 4.21. The van der Waals surface area contributed by atoms with Crippen LogP contribution >= 0.6 is 0 Å². The summed E-state index contributed by atoms with van der Waals surface area (Å²) in [5, 5.41) is 13.1. The zero-order chi connectivity index (χ0) is 16.3. The fraction of sp³-hybridized carbons (Fsp3) is 1.00. The molecule has 0 aromatic rings. The minimum absolute atomic E-state index is 0.151. The molecule has 0 aliphatic heterocycles. The van der Waals surface area contributed by atoms with E-state index in [4.69, 9.17) is 4.74 Å². The van der Waals surface area contributed by atoms with Gasteiger partial charge in [0.15, 0.2) is 0 Å². The molecule has 0 bridgehead atoms. The number of nitrogens with one attached hydrogen (secondary N) is 1. The van der Waals surface area contributed by atoms with E-state index in [1.807, 2.05) is 0 Å². The van der Waals surface area contributed by atoms with E-state index in [1.54, 1.807) is 7.11 Å². The van der Waals surface area contributed by atoms with Crippen LogP contribution in [0.3, 0.4) is 0 Å². The number of hydrogen-bond acceptors (Lipinski definition) is 4. The van der Waals surface area contributed by atoms with E-state index in [-0.39, 0.29) is 12.1 Å². The second-order valence-corrected chi connectivity index (χ2v) is 6.76. The fourth-order valence-electron chi connectivity index (χ4n) is 2.74. The Kier molecular flexibility index (Phi) is 11.3. The molecule has 0 aromatic carbocycles. The molecule has 2 N–H and O–H groups in total. The van der Waals surface area contributed by atoms with Crippen LogP contribution in [-0.2, 0) is 4.74 Å². The molecule has 0 rings (SSSR count). The Morgan fingerprint density at radius 3 is 2.33 bits per heavy atom. The third-order valence-corrected chi connectivity index (χ3v) is 4.21. The van der Waals surface area contributed by atoms with E-state index in [0.29, 0.717) is 12.1 Å². The Labute approximate surface area is 132 Å². The van der Waals surface area contributed by atoms with Gasteiger partial charge in [0, 0.05) is 31.3 Å². The van der Waals surface area contributed by atoms with Crippen molar-refractivity contribution >= 4 is 0 Å². The highest BCUT2D eigenvalue weighted by Crippen LogP contribution is 2.15. The van der Waals surface area contributed by atoms with Crippen LogP contribution in [0.1, 0.15) is 60.3 Å². The minimum Gasteiger partial charge on any atom is -0.394 e. The average Bonchev–Trinajstić information content (AvgIpc) is 2.45. The zero-order valence-electron chi connectivity index (χ0n) is 15.1. The number of hydrogen-bond donors (Lipinski definition) is 2. The number of methoxy groups -OCH3 is 1. The van der Waals surface area contributed by atoms with Gasteiger partial charge in [0.2, 0.25) is 0 Å². The number of rotatable bonds is 13. The molecule has 0 spiro atoms. The van der Waals surface area contributed by atoms with Crippen molar-refractivity contribution in [2.24, 2.45) is 0 Å². The molecule has 0 saturated carbocycles. The summed E-state index contributed by atoms with van der Waals surface area (Å²) in [6, 6.07) is 1.01. The molecule has 2 unspecified atom stereocenters. The van der Waals surface area contributed by atoms with Crippen molar-refractivity contribution in [2.45, 2.75) is 77.9 Å². The minimum atomic E-state index is -0.151. The highest BCUT2D eigenvalue weighted by molar-refractivity contribution is 4.83. The predicted octanol–water partition coefficient (Wildman–Crippen LogP) is 2.65. The molecule has 4 heteroatoms. The normalized spacial score (nSPS) is 16.4. The molecular weight excluding hydrogens is 264 g/mol. The van der Waals surface area contributed by atoms with E-state index < -0.39 is 0 Å². The summed E-state index contributed by atoms with van der Waals surface area (Å²) < 4.78 is 5.20. The molecule has 0 heterocycles. The first-order chi connectivity index (χ1) is 9.88. The molecule has 0 aromatic heterocycles. The summed E-state index contributed by atoms with van der Waals surface area (Å²) in [5.74, 6) is 0. The molecule has 0 aliphatic carbocycles. The van der Waals surface area contributed by atoms with Gasteiger partial charge in [0.05, 0.1) is 13.2 Å². The molecule has 0 fully saturated rings. The van der Waals surface area contributed by atoms with Gasteiger partial charge < -0.3 is 15.2 Å². The van der Waals surface area contributed by atoms with Gasteiger partial charge in [-0.3, -0.25) is 4.90 Å². The van der Waals surface area contributed by atoms with E-state index in [2.05, 4.69) is 44.8 Å². The Bertz CT molecular complexity index is 249. The number of aliphatic hydroxyl groups excluding tert-OH is 1. The van der Waals surface area contributed by atoms with Crippen molar-refractivity contribution in [1.29, 1.82) is 0 Å². The second-order valence-electron chi connectivity index (χ2n) is 6.76. The van der Waals surface area contributed by atoms with Gasteiger partial charge in [-0.05, 0) is 39.7 Å². The smallest absolute Gasteiger partial charge is 0.0610 e. The molecule has 0 aliphatic rings. The summed E-state index contributed by atoms with van der Waals surface area (Å²) in [4.78, 5) is 2.51. The molecule has 4 nitrogen and oxygen atoms in total. The lowest BCUT2D eigenvalue weighted by molar-refractivity contribution is 0.118. The van der Waals surface area contributed by atoms with E-state index >= 15 is 0 Å². The molecule has 21 heavy (non-hydrogen) atoms. The predicted molar refractivity (Wildman–Crippen MR) is 90.8 cm³/mol. The van der Waals surface area contributed by atoms with Gasteiger partial charge in [-0.1, -0.05) is 27.2 Å². The van der Waals surface area contributed by atoms with Crippen molar-refractivity contribution in [3.8, 4) is 0 Å². The SMILES string of the molecule is CCC(C)N(CCCCC(C)(CO)NC(C)C)CCOC. The quantitative estimate of drug-likeness (QED) is 0.513. The van der Waals surface area contributed by atoms with Crippen LogP contribution in [-0.4, -0.2) is 61.0 Å². The van der Waals surface area contributed by atoms with Crippen LogP contribution in [0.15, 0.2) is 0 Å². The molecule has 128 valence electrons. The maximum Gasteiger partial charge on any atom is 0.0610 e. The number of ether oxygens (including phenoxy) is 1. The van der Waals surface area contributed by atoms with Crippen molar-refractivity contribution in [3.05, 3.63) is 0 Å². The Morgan fingerprint density at radius 2 is 1.86 bits per heavy atom. The molecule has 0 amide bonds. The van der Waals surface area contributed by atoms with E-state index in [1.165, 1.54) is 12.8 Å². The topological polar surface area (TPSA) is 44.7 Å². The van der Waals surface area contributed by atoms with Gasteiger partial charge in [-0.15, -0.1) is 0 Å².